The van der Waals surface area contributed by atoms with Gasteiger partial charge in [-0.05, 0) is 24.1 Å². The predicted molar refractivity (Wildman–Crippen MR) is 54.9 cm³/mol. The molecule has 0 aliphatic heterocycles. The van der Waals surface area contributed by atoms with Crippen LogP contribution >= 0.6 is 0 Å². The van der Waals surface area contributed by atoms with Gasteiger partial charge in [0.15, 0.2) is 0 Å². The van der Waals surface area contributed by atoms with E-state index in [0.29, 0.717) is 11.3 Å². The molecule has 0 fully saturated rings. The van der Waals surface area contributed by atoms with E-state index in [0.717, 1.165) is 5.56 Å². The molecule has 0 radical (unpaired) electrons. The molecule has 0 saturated heterocycles. The van der Waals surface area contributed by atoms with Crippen molar-refractivity contribution in [3.63, 3.8) is 0 Å². The molecule has 0 heterocycles. The zero-order valence-electron chi connectivity index (χ0n) is 8.73. The standard InChI is InChI=1S/C11H14O4/c1-7-8(9(12)6-11(13)14)4-3-5-10(7)15-2/h3-5,9,12H,6H2,1-2H3,(H,13,14)/t9-/m0/s1. The lowest BCUT2D eigenvalue weighted by Gasteiger charge is -2.14. The average Bonchev–Trinajstić information content (AvgIpc) is 2.17. The van der Waals surface area contributed by atoms with Crippen molar-refractivity contribution in [2.45, 2.75) is 19.4 Å². The molecule has 0 unspecified atom stereocenters. The van der Waals surface area contributed by atoms with E-state index in [9.17, 15) is 9.90 Å². The largest absolute Gasteiger partial charge is 0.496 e. The highest BCUT2D eigenvalue weighted by molar-refractivity contribution is 5.67. The van der Waals surface area contributed by atoms with Crippen LogP contribution in [-0.4, -0.2) is 23.3 Å². The second kappa shape index (κ2) is 4.79. The van der Waals surface area contributed by atoms with Gasteiger partial charge in [0, 0.05) is 0 Å². The first kappa shape index (κ1) is 11.5. The maximum Gasteiger partial charge on any atom is 0.306 e. The zero-order valence-corrected chi connectivity index (χ0v) is 8.73. The van der Waals surface area contributed by atoms with E-state index in [2.05, 4.69) is 0 Å². The summed E-state index contributed by atoms with van der Waals surface area (Å²) < 4.78 is 5.08. The minimum Gasteiger partial charge on any atom is -0.496 e. The van der Waals surface area contributed by atoms with Crippen molar-refractivity contribution < 1.29 is 19.7 Å². The lowest BCUT2D eigenvalue weighted by molar-refractivity contribution is -0.139. The minimum absolute atomic E-state index is 0.298. The van der Waals surface area contributed by atoms with Gasteiger partial charge >= 0.3 is 5.97 Å². The molecule has 2 N–H and O–H groups in total. The van der Waals surface area contributed by atoms with Crippen molar-refractivity contribution in [2.75, 3.05) is 7.11 Å². The van der Waals surface area contributed by atoms with Crippen LogP contribution in [0.5, 0.6) is 5.75 Å². The summed E-state index contributed by atoms with van der Waals surface area (Å²) >= 11 is 0. The van der Waals surface area contributed by atoms with E-state index in [1.165, 1.54) is 7.11 Å². The number of aliphatic hydroxyl groups is 1. The van der Waals surface area contributed by atoms with Gasteiger partial charge in [-0.1, -0.05) is 12.1 Å². The molecular weight excluding hydrogens is 196 g/mol. The Bertz CT molecular complexity index is 360. The third kappa shape index (κ3) is 2.70. The maximum atomic E-state index is 10.5. The fourth-order valence-corrected chi connectivity index (χ4v) is 1.49. The number of aliphatic hydroxyl groups excluding tert-OH is 1. The summed E-state index contributed by atoms with van der Waals surface area (Å²) in [4.78, 5) is 10.5. The van der Waals surface area contributed by atoms with Crippen LogP contribution in [0.2, 0.25) is 0 Å². The van der Waals surface area contributed by atoms with Gasteiger partial charge in [-0.3, -0.25) is 4.79 Å². The summed E-state index contributed by atoms with van der Waals surface area (Å²) in [5, 5.41) is 18.2. The van der Waals surface area contributed by atoms with Crippen molar-refractivity contribution in [1.29, 1.82) is 0 Å². The zero-order chi connectivity index (χ0) is 11.4. The molecule has 0 aliphatic rings. The molecule has 1 aromatic rings. The van der Waals surface area contributed by atoms with E-state index in [1.54, 1.807) is 25.1 Å². The van der Waals surface area contributed by atoms with E-state index >= 15 is 0 Å². The van der Waals surface area contributed by atoms with Crippen molar-refractivity contribution >= 4 is 5.97 Å². The molecule has 0 aliphatic carbocycles. The fourth-order valence-electron chi connectivity index (χ4n) is 1.49. The number of carboxylic acid groups (broad SMARTS) is 1. The monoisotopic (exact) mass is 210 g/mol. The Kier molecular flexibility index (Phi) is 3.68. The molecular formula is C11H14O4. The number of carbonyl (C=O) groups is 1. The Morgan fingerprint density at radius 3 is 2.73 bits per heavy atom. The summed E-state index contributed by atoms with van der Waals surface area (Å²) in [6.45, 7) is 1.79. The number of benzene rings is 1. The van der Waals surface area contributed by atoms with Gasteiger partial charge in [-0.2, -0.15) is 0 Å². The molecule has 0 bridgehead atoms. The number of methoxy groups -OCH3 is 1. The number of hydrogen-bond donors (Lipinski definition) is 2. The van der Waals surface area contributed by atoms with Gasteiger partial charge in [-0.15, -0.1) is 0 Å². The van der Waals surface area contributed by atoms with Crippen molar-refractivity contribution in [1.82, 2.24) is 0 Å². The molecule has 1 atom stereocenters. The summed E-state index contributed by atoms with van der Waals surface area (Å²) in [5.74, 6) is -0.373. The third-order valence-corrected chi connectivity index (χ3v) is 2.27. The van der Waals surface area contributed by atoms with E-state index in [1.807, 2.05) is 0 Å². The first-order valence-corrected chi connectivity index (χ1v) is 4.59. The van der Waals surface area contributed by atoms with E-state index < -0.39 is 12.1 Å². The summed E-state index contributed by atoms with van der Waals surface area (Å²) in [7, 11) is 1.54. The highest BCUT2D eigenvalue weighted by Gasteiger charge is 2.15. The lowest BCUT2D eigenvalue weighted by atomic mass is 10.0. The Morgan fingerprint density at radius 1 is 1.53 bits per heavy atom. The normalized spacial score (nSPS) is 12.2. The highest BCUT2D eigenvalue weighted by Crippen LogP contribution is 2.27. The predicted octanol–water partition coefficient (Wildman–Crippen LogP) is 1.51. The summed E-state index contributed by atoms with van der Waals surface area (Å²) in [6, 6.07) is 5.20. The number of ether oxygens (including phenoxy) is 1. The molecule has 4 heteroatoms. The Morgan fingerprint density at radius 2 is 2.20 bits per heavy atom. The molecule has 0 amide bonds. The topological polar surface area (TPSA) is 66.8 Å². The van der Waals surface area contributed by atoms with Crippen LogP contribution in [-0.2, 0) is 4.79 Å². The first-order chi connectivity index (χ1) is 7.06. The van der Waals surface area contributed by atoms with Gasteiger partial charge in [0.1, 0.15) is 5.75 Å². The van der Waals surface area contributed by atoms with Crippen LogP contribution in [0.3, 0.4) is 0 Å². The third-order valence-electron chi connectivity index (χ3n) is 2.27. The Hall–Kier alpha value is -1.55. The van der Waals surface area contributed by atoms with Crippen LogP contribution < -0.4 is 4.74 Å². The van der Waals surface area contributed by atoms with Crippen molar-refractivity contribution in [3.8, 4) is 5.75 Å². The molecule has 15 heavy (non-hydrogen) atoms. The van der Waals surface area contributed by atoms with Gasteiger partial charge in [0.25, 0.3) is 0 Å². The second-order valence-electron chi connectivity index (χ2n) is 3.29. The Balaban J connectivity index is 2.98. The number of aliphatic carboxylic acids is 1. The van der Waals surface area contributed by atoms with E-state index in [4.69, 9.17) is 9.84 Å². The van der Waals surface area contributed by atoms with Gasteiger partial charge < -0.3 is 14.9 Å². The van der Waals surface area contributed by atoms with E-state index in [-0.39, 0.29) is 6.42 Å². The Labute approximate surface area is 88.1 Å². The smallest absolute Gasteiger partial charge is 0.306 e. The molecule has 4 nitrogen and oxygen atoms in total. The SMILES string of the molecule is COc1cccc([C@@H](O)CC(=O)O)c1C. The maximum absolute atomic E-state index is 10.5. The molecule has 0 saturated carbocycles. The van der Waals surface area contributed by atoms with Gasteiger partial charge in [-0.25, -0.2) is 0 Å². The highest BCUT2D eigenvalue weighted by atomic mass is 16.5. The number of rotatable bonds is 4. The van der Waals surface area contributed by atoms with Crippen molar-refractivity contribution in [3.05, 3.63) is 29.3 Å². The van der Waals surface area contributed by atoms with Crippen LogP contribution in [0, 0.1) is 6.92 Å². The van der Waals surface area contributed by atoms with Crippen LogP contribution in [0.25, 0.3) is 0 Å². The number of carboxylic acids is 1. The van der Waals surface area contributed by atoms with Gasteiger partial charge in [0.2, 0.25) is 0 Å². The molecule has 0 aromatic heterocycles. The van der Waals surface area contributed by atoms with Crippen LogP contribution in [0.15, 0.2) is 18.2 Å². The van der Waals surface area contributed by atoms with Crippen LogP contribution in [0.4, 0.5) is 0 Å². The minimum atomic E-state index is -1.02. The molecule has 82 valence electrons. The fraction of sp³-hybridized carbons (Fsp3) is 0.364. The number of hydrogen-bond acceptors (Lipinski definition) is 3. The summed E-state index contributed by atoms with van der Waals surface area (Å²) in [5.41, 5.74) is 1.37. The molecule has 1 rings (SSSR count). The van der Waals surface area contributed by atoms with Crippen LogP contribution in [0.1, 0.15) is 23.7 Å². The molecule has 0 spiro atoms. The first-order valence-electron chi connectivity index (χ1n) is 4.59. The second-order valence-corrected chi connectivity index (χ2v) is 3.29. The summed E-state index contributed by atoms with van der Waals surface area (Å²) in [6.07, 6.45) is -1.29. The molecule has 1 aromatic carbocycles. The average molecular weight is 210 g/mol. The quantitative estimate of drug-likeness (QED) is 0.790. The lowest BCUT2D eigenvalue weighted by Crippen LogP contribution is -2.07. The van der Waals surface area contributed by atoms with Crippen molar-refractivity contribution in [2.24, 2.45) is 0 Å². The van der Waals surface area contributed by atoms with Gasteiger partial charge in [0.05, 0.1) is 19.6 Å².